The molecule has 2 aliphatic heterocycles. The molecule has 396 valence electrons. The van der Waals surface area contributed by atoms with Crippen LogP contribution in [0.5, 0.6) is 0 Å². The number of nitrogens with zero attached hydrogens (tertiary/aromatic N) is 3. The summed E-state index contributed by atoms with van der Waals surface area (Å²) in [5, 5.41) is 16.5. The number of likely N-dealkylation sites (N-methyl/N-ethyl adjacent to an activating group) is 1. The average molecular weight is 1010 g/mol. The number of benzene rings is 1. The number of halogens is 2. The van der Waals surface area contributed by atoms with Gasteiger partial charge in [-0.25, -0.2) is 28.0 Å². The topological polar surface area (TPSA) is 211 Å². The number of alkyl carbamates (subject to hydrolysis) is 1. The summed E-state index contributed by atoms with van der Waals surface area (Å²) in [4.78, 5) is 78.0. The molecule has 5 aliphatic rings. The fourth-order valence-electron chi connectivity index (χ4n) is 11.6. The first-order chi connectivity index (χ1) is 33.6. The molecule has 18 nitrogen and oxygen atoms in total. The molecule has 1 aromatic heterocycles. The zero-order chi connectivity index (χ0) is 52.9. The highest BCUT2D eigenvalue weighted by molar-refractivity contribution is 5.89. The van der Waals surface area contributed by atoms with Crippen LogP contribution in [-0.4, -0.2) is 164 Å². The van der Waals surface area contributed by atoms with Gasteiger partial charge in [-0.1, -0.05) is 39.0 Å². The molecule has 2 saturated heterocycles. The van der Waals surface area contributed by atoms with E-state index >= 15 is 13.6 Å². The van der Waals surface area contributed by atoms with E-state index in [1.807, 2.05) is 25.9 Å². The minimum absolute atomic E-state index is 0.105. The van der Waals surface area contributed by atoms with Crippen molar-refractivity contribution >= 4 is 30.0 Å². The number of ether oxygens (including phenoxy) is 8. The lowest BCUT2D eigenvalue weighted by Crippen LogP contribution is -2.79. The molecule has 72 heavy (non-hydrogen) atoms. The van der Waals surface area contributed by atoms with Gasteiger partial charge in [0.05, 0.1) is 24.2 Å². The number of carbonyl (C=O) groups is 5. The van der Waals surface area contributed by atoms with Crippen LogP contribution < -0.4 is 5.32 Å². The van der Waals surface area contributed by atoms with Crippen LogP contribution in [0, 0.1) is 22.6 Å². The molecule has 2 N–H and O–H groups in total. The van der Waals surface area contributed by atoms with E-state index < -0.39 is 137 Å². The molecule has 2 aromatic rings. The highest BCUT2D eigenvalue weighted by Crippen LogP contribution is 2.66. The van der Waals surface area contributed by atoms with Gasteiger partial charge >= 0.3 is 30.0 Å². The molecule has 2 bridgehead atoms. The lowest BCUT2D eigenvalue weighted by atomic mass is 9.45. The van der Waals surface area contributed by atoms with E-state index in [1.54, 1.807) is 90.9 Å². The van der Waals surface area contributed by atoms with Crippen LogP contribution in [0.2, 0.25) is 0 Å². The number of carbonyl (C=O) groups excluding carboxylic acids is 5. The number of aromatic nitrogens is 1. The Labute approximate surface area is 419 Å². The molecule has 20 heteroatoms. The van der Waals surface area contributed by atoms with E-state index in [4.69, 9.17) is 37.9 Å². The van der Waals surface area contributed by atoms with Crippen molar-refractivity contribution in [3.63, 3.8) is 0 Å². The molecule has 2 saturated carbocycles. The van der Waals surface area contributed by atoms with Gasteiger partial charge in [-0.3, -0.25) is 9.78 Å². The first-order valence-electron chi connectivity index (χ1n) is 24.4. The second-order valence-corrected chi connectivity index (χ2v) is 22.1. The van der Waals surface area contributed by atoms with Crippen LogP contribution in [0.15, 0.2) is 59.8 Å². The predicted molar refractivity (Wildman–Crippen MR) is 253 cm³/mol. The van der Waals surface area contributed by atoms with E-state index in [0.717, 1.165) is 6.07 Å². The molecule has 7 rings (SSSR count). The zero-order valence-corrected chi connectivity index (χ0v) is 43.2. The number of fused-ring (bicyclic) bond motifs is 8. The number of nitrogens with one attached hydrogen (secondary N) is 1. The lowest BCUT2D eigenvalue weighted by molar-refractivity contribution is -0.345. The first-order valence-corrected chi connectivity index (χ1v) is 24.4. The minimum atomic E-state index is -2.32. The molecule has 0 unspecified atom stereocenters. The van der Waals surface area contributed by atoms with Gasteiger partial charge in [0.25, 0.3) is 0 Å². The van der Waals surface area contributed by atoms with E-state index in [2.05, 4.69) is 10.3 Å². The molecular weight excluding hydrogens is 943 g/mol. The number of hydrogen-bond acceptors (Lipinski definition) is 17. The quantitative estimate of drug-likeness (QED) is 0.130. The van der Waals surface area contributed by atoms with Gasteiger partial charge in [-0.2, -0.15) is 0 Å². The van der Waals surface area contributed by atoms with Gasteiger partial charge < -0.3 is 58.1 Å². The van der Waals surface area contributed by atoms with Crippen LogP contribution >= 0.6 is 0 Å². The summed E-state index contributed by atoms with van der Waals surface area (Å²) in [6, 6.07) is 8.47. The highest BCUT2D eigenvalue weighted by Gasteiger charge is 2.77. The maximum atomic E-state index is 15.9. The van der Waals surface area contributed by atoms with Crippen LogP contribution in [0.3, 0.4) is 0 Å². The van der Waals surface area contributed by atoms with Crippen LogP contribution in [0.1, 0.15) is 103 Å². The number of rotatable bonds is 15. The van der Waals surface area contributed by atoms with Gasteiger partial charge in [0.15, 0.2) is 18.1 Å². The highest BCUT2D eigenvalue weighted by atomic mass is 19.1. The molecule has 4 fully saturated rings. The Hall–Kier alpha value is -5.12. The summed E-state index contributed by atoms with van der Waals surface area (Å²) in [5.41, 5.74) is -6.93. The Morgan fingerprint density at radius 1 is 0.972 bits per heavy atom. The maximum absolute atomic E-state index is 15.9. The third-order valence-electron chi connectivity index (χ3n) is 14.9. The number of aliphatic hydroxyl groups is 1. The third kappa shape index (κ3) is 10.5. The number of hydrogen-bond donors (Lipinski definition) is 2. The second kappa shape index (κ2) is 20.7. The predicted octanol–water partition coefficient (Wildman–Crippen LogP) is 5.41. The van der Waals surface area contributed by atoms with Crippen LogP contribution in [-0.2, 0) is 52.3 Å². The van der Waals surface area contributed by atoms with Crippen molar-refractivity contribution in [3.8, 4) is 0 Å². The smallest absolute Gasteiger partial charge is 0.408 e. The Kier molecular flexibility index (Phi) is 15.7. The van der Waals surface area contributed by atoms with Crippen molar-refractivity contribution in [1.82, 2.24) is 20.1 Å². The second-order valence-electron chi connectivity index (χ2n) is 22.1. The number of amides is 1. The van der Waals surface area contributed by atoms with Crippen LogP contribution in [0.4, 0.5) is 13.6 Å². The van der Waals surface area contributed by atoms with Crippen molar-refractivity contribution in [3.05, 3.63) is 76.9 Å². The third-order valence-corrected chi connectivity index (χ3v) is 14.9. The average Bonchev–Trinajstić information content (AvgIpc) is 3.69. The van der Waals surface area contributed by atoms with Gasteiger partial charge in [-0.05, 0) is 104 Å². The Balaban J connectivity index is 1.42. The monoisotopic (exact) mass is 1010 g/mol. The molecule has 0 radical (unpaired) electrons. The molecule has 3 heterocycles. The van der Waals surface area contributed by atoms with E-state index in [1.165, 1.54) is 19.2 Å². The molecule has 3 aliphatic carbocycles. The molecule has 1 amide bonds. The normalized spacial score (nSPS) is 31.8. The van der Waals surface area contributed by atoms with Gasteiger partial charge in [0, 0.05) is 49.9 Å². The van der Waals surface area contributed by atoms with E-state index in [9.17, 15) is 24.3 Å². The Bertz CT molecular complexity index is 2400. The summed E-state index contributed by atoms with van der Waals surface area (Å²) >= 11 is 0. The SMILES string of the molecule is CC(=O)O[C@@]12CO[C@@H]1CC[C@@]1(C)[C@@H]3O[C@H](CN(C)C)O[C@@H]3C3=C(C)[C@@H](OC(=O)[C@H](OC(=O)[C@H](F)CCN(C)C)[C@@H](NC(=O)OC(C)(C)C)c4ncccc4F)C[C@@](O)([C@@H](OC(=O)c4ccccc4)[C@@H]12)C3(C)C. The Morgan fingerprint density at radius 3 is 2.26 bits per heavy atom. The number of alkyl halides is 1. The standard InChI is InChI=1S/C52H70F2N4O14/c1-28-33(66-46(62)40(69-45(61)32(54)21-24-57(9)10)38(37-31(53)19-16-23-55-37)56-47(63)72-48(3,4)5)25-52(64)43(70-44(60)30-17-14-13-15-18-30)41-50(8,22-20-34-51(41,27-65-34)71-29(2)59)42-39(36(28)49(52,6)7)67-35(68-42)26-58(11)12/h13-19,23,32-35,38-43,64H,20-22,24-27H2,1-12H3,(H,56,63)/t32-,33+,34-,35-,38+,39-,40-,41+,42-,43+,50-,51+,52-/m1/s1. The molecule has 1 aromatic carbocycles. The summed E-state index contributed by atoms with van der Waals surface area (Å²) in [5.74, 6) is -6.44. The Morgan fingerprint density at radius 2 is 1.67 bits per heavy atom. The first kappa shape index (κ1) is 54.6. The number of pyridine rings is 1. The molecular formula is C52H70F2N4O14. The fourth-order valence-corrected chi connectivity index (χ4v) is 11.6. The van der Waals surface area contributed by atoms with Gasteiger partial charge in [-0.15, -0.1) is 0 Å². The fraction of sp³-hybridized carbons (Fsp3) is 0.654. The number of esters is 4. The summed E-state index contributed by atoms with van der Waals surface area (Å²) < 4.78 is 82.3. The maximum Gasteiger partial charge on any atom is 0.408 e. The van der Waals surface area contributed by atoms with Crippen LogP contribution in [0.25, 0.3) is 0 Å². The van der Waals surface area contributed by atoms with Crippen molar-refractivity contribution in [2.75, 3.05) is 47.9 Å². The van der Waals surface area contributed by atoms with Crippen molar-refractivity contribution in [2.24, 2.45) is 16.7 Å². The van der Waals surface area contributed by atoms with E-state index in [-0.39, 0.29) is 25.1 Å². The van der Waals surface area contributed by atoms with Crippen molar-refractivity contribution < 1.29 is 75.8 Å². The van der Waals surface area contributed by atoms with Gasteiger partial charge in [0.2, 0.25) is 6.10 Å². The summed E-state index contributed by atoms with van der Waals surface area (Å²) in [6.45, 7) is 13.4. The van der Waals surface area contributed by atoms with E-state index in [0.29, 0.717) is 30.5 Å². The largest absolute Gasteiger partial charge is 0.455 e. The molecule has 0 spiro atoms. The summed E-state index contributed by atoms with van der Waals surface area (Å²) in [7, 11) is 7.04. The van der Waals surface area contributed by atoms with Gasteiger partial charge in [0.1, 0.15) is 53.2 Å². The minimum Gasteiger partial charge on any atom is -0.455 e. The summed E-state index contributed by atoms with van der Waals surface area (Å²) in [6.07, 6.45) is -11.1. The lowest BCUT2D eigenvalue weighted by Gasteiger charge is -2.68. The van der Waals surface area contributed by atoms with Crippen molar-refractivity contribution in [2.45, 2.75) is 153 Å². The molecule has 13 atom stereocenters. The zero-order valence-electron chi connectivity index (χ0n) is 43.2. The van der Waals surface area contributed by atoms with Crippen molar-refractivity contribution in [1.29, 1.82) is 0 Å².